The van der Waals surface area contributed by atoms with Gasteiger partial charge in [0.05, 0.1) is 20.8 Å². The summed E-state index contributed by atoms with van der Waals surface area (Å²) in [5.74, 6) is 3.08. The predicted octanol–water partition coefficient (Wildman–Crippen LogP) is 2.78. The normalized spacial score (nSPS) is 15.4. The van der Waals surface area contributed by atoms with Gasteiger partial charge >= 0.3 is 0 Å². The number of likely N-dealkylation sites (tertiary alicyclic amines) is 1. The minimum atomic E-state index is 0. The summed E-state index contributed by atoms with van der Waals surface area (Å²) in [5, 5.41) is 6.80. The van der Waals surface area contributed by atoms with Crippen LogP contribution in [0.15, 0.2) is 23.2 Å². The number of nitrogens with zero attached hydrogens (tertiary/aromatic N) is 2. The van der Waals surface area contributed by atoms with Crippen LogP contribution < -0.4 is 20.1 Å². The Morgan fingerprint density at radius 2 is 1.83 bits per heavy atom. The van der Waals surface area contributed by atoms with Crippen LogP contribution in [0.5, 0.6) is 11.5 Å². The molecule has 30 heavy (non-hydrogen) atoms. The number of piperidine rings is 1. The highest BCUT2D eigenvalue weighted by Crippen LogP contribution is 2.27. The van der Waals surface area contributed by atoms with Gasteiger partial charge in [-0.1, -0.05) is 6.07 Å². The lowest BCUT2D eigenvalue weighted by molar-refractivity contribution is 0.121. The number of aliphatic imine (C=N–C) groups is 1. The van der Waals surface area contributed by atoms with Crippen LogP contribution in [0.2, 0.25) is 0 Å². The third-order valence-electron chi connectivity index (χ3n) is 5.32. The highest BCUT2D eigenvalue weighted by atomic mass is 127. The maximum absolute atomic E-state index is 5.39. The third-order valence-corrected chi connectivity index (χ3v) is 5.32. The molecule has 1 aliphatic heterocycles. The van der Waals surface area contributed by atoms with Crippen molar-refractivity contribution in [1.82, 2.24) is 15.5 Å². The van der Waals surface area contributed by atoms with Gasteiger partial charge in [-0.05, 0) is 62.9 Å². The quantitative estimate of drug-likeness (QED) is 0.259. The number of guanidine groups is 1. The van der Waals surface area contributed by atoms with E-state index in [4.69, 9.17) is 19.2 Å². The first-order valence-corrected chi connectivity index (χ1v) is 10.6. The molecule has 0 bridgehead atoms. The van der Waals surface area contributed by atoms with Crippen LogP contribution in [0, 0.1) is 5.92 Å². The average Bonchev–Trinajstić information content (AvgIpc) is 2.76. The topological polar surface area (TPSA) is 67.4 Å². The fraction of sp³-hybridized carbons (Fsp3) is 0.682. The van der Waals surface area contributed by atoms with Gasteiger partial charge in [-0.3, -0.25) is 4.99 Å². The number of halogens is 1. The molecule has 8 heteroatoms. The molecule has 172 valence electrons. The van der Waals surface area contributed by atoms with Crippen molar-refractivity contribution in [3.05, 3.63) is 23.8 Å². The molecular formula is C22H39IN4O3. The van der Waals surface area contributed by atoms with Gasteiger partial charge in [0.2, 0.25) is 0 Å². The third kappa shape index (κ3) is 9.26. The van der Waals surface area contributed by atoms with Crippen molar-refractivity contribution in [2.45, 2.75) is 26.2 Å². The molecule has 2 rings (SSSR count). The summed E-state index contributed by atoms with van der Waals surface area (Å²) in [6, 6.07) is 6.05. The minimum Gasteiger partial charge on any atom is -0.493 e. The number of benzene rings is 1. The van der Waals surface area contributed by atoms with Crippen LogP contribution in [0.4, 0.5) is 0 Å². The summed E-state index contributed by atoms with van der Waals surface area (Å²) < 4.78 is 15.9. The Labute approximate surface area is 199 Å². The van der Waals surface area contributed by atoms with Crippen molar-refractivity contribution < 1.29 is 14.2 Å². The molecule has 1 heterocycles. The van der Waals surface area contributed by atoms with Gasteiger partial charge in [-0.25, -0.2) is 0 Å². The second-order valence-electron chi connectivity index (χ2n) is 7.36. The molecule has 1 fully saturated rings. The van der Waals surface area contributed by atoms with E-state index in [1.807, 2.05) is 12.1 Å². The van der Waals surface area contributed by atoms with E-state index in [0.29, 0.717) is 5.92 Å². The number of hydrogen-bond acceptors (Lipinski definition) is 5. The lowest BCUT2D eigenvalue weighted by Crippen LogP contribution is -2.40. The van der Waals surface area contributed by atoms with Gasteiger partial charge in [0.25, 0.3) is 0 Å². The number of nitrogens with one attached hydrogen (secondary N) is 2. The molecule has 0 aliphatic carbocycles. The van der Waals surface area contributed by atoms with Crippen molar-refractivity contribution in [2.75, 3.05) is 67.2 Å². The molecule has 0 amide bonds. The van der Waals surface area contributed by atoms with Gasteiger partial charge in [0.1, 0.15) is 0 Å². The Morgan fingerprint density at radius 3 is 2.47 bits per heavy atom. The molecule has 0 atom stereocenters. The largest absolute Gasteiger partial charge is 0.493 e. The molecule has 2 N–H and O–H groups in total. The van der Waals surface area contributed by atoms with E-state index in [1.165, 1.54) is 18.4 Å². The first kappa shape index (κ1) is 26.8. The number of hydrogen-bond donors (Lipinski definition) is 2. The summed E-state index contributed by atoms with van der Waals surface area (Å²) in [6.07, 6.45) is 3.30. The maximum atomic E-state index is 5.39. The lowest BCUT2D eigenvalue weighted by Gasteiger charge is -2.31. The zero-order chi connectivity index (χ0) is 20.9. The Morgan fingerprint density at radius 1 is 1.10 bits per heavy atom. The molecular weight excluding hydrogens is 495 g/mol. The average molecular weight is 534 g/mol. The summed E-state index contributed by atoms with van der Waals surface area (Å²) in [4.78, 5) is 7.31. The lowest BCUT2D eigenvalue weighted by atomic mass is 9.97. The van der Waals surface area contributed by atoms with Gasteiger partial charge < -0.3 is 29.7 Å². The molecule has 1 aliphatic rings. The van der Waals surface area contributed by atoms with Gasteiger partial charge in [-0.2, -0.15) is 0 Å². The Kier molecular flexibility index (Phi) is 13.9. The zero-order valence-corrected chi connectivity index (χ0v) is 21.2. The maximum Gasteiger partial charge on any atom is 0.191 e. The minimum absolute atomic E-state index is 0. The molecule has 1 aromatic carbocycles. The number of methoxy groups -OCH3 is 3. The monoisotopic (exact) mass is 534 g/mol. The Balaban J connectivity index is 0.00000450. The molecule has 1 aromatic rings. The molecule has 0 unspecified atom stereocenters. The predicted molar refractivity (Wildman–Crippen MR) is 134 cm³/mol. The van der Waals surface area contributed by atoms with Crippen LogP contribution >= 0.6 is 24.0 Å². The van der Waals surface area contributed by atoms with Crippen LogP contribution in [0.25, 0.3) is 0 Å². The smallest absolute Gasteiger partial charge is 0.191 e. The van der Waals surface area contributed by atoms with Crippen LogP contribution in [-0.4, -0.2) is 78.1 Å². The van der Waals surface area contributed by atoms with Crippen LogP contribution in [0.3, 0.4) is 0 Å². The summed E-state index contributed by atoms with van der Waals surface area (Å²) in [7, 11) is 5.08. The van der Waals surface area contributed by atoms with Crippen molar-refractivity contribution in [3.63, 3.8) is 0 Å². The number of rotatable bonds is 11. The Bertz CT molecular complexity index is 622. The van der Waals surface area contributed by atoms with Crippen molar-refractivity contribution >= 4 is 29.9 Å². The van der Waals surface area contributed by atoms with E-state index in [1.54, 1.807) is 21.3 Å². The number of ether oxygens (including phenoxy) is 3. The molecule has 0 aromatic heterocycles. The molecule has 1 saturated heterocycles. The van der Waals surface area contributed by atoms with E-state index in [-0.39, 0.29) is 24.0 Å². The van der Waals surface area contributed by atoms with Crippen molar-refractivity contribution in [2.24, 2.45) is 10.9 Å². The van der Waals surface area contributed by atoms with E-state index in [2.05, 4.69) is 28.5 Å². The molecule has 0 radical (unpaired) electrons. The fourth-order valence-electron chi connectivity index (χ4n) is 3.54. The van der Waals surface area contributed by atoms with Crippen LogP contribution in [-0.2, 0) is 11.2 Å². The van der Waals surface area contributed by atoms with Gasteiger partial charge in [-0.15, -0.1) is 24.0 Å². The summed E-state index contributed by atoms with van der Waals surface area (Å²) in [6.45, 7) is 8.79. The van der Waals surface area contributed by atoms with Gasteiger partial charge in [0, 0.05) is 33.3 Å². The zero-order valence-electron chi connectivity index (χ0n) is 18.9. The second-order valence-corrected chi connectivity index (χ2v) is 7.36. The van der Waals surface area contributed by atoms with E-state index in [0.717, 1.165) is 69.8 Å². The van der Waals surface area contributed by atoms with Crippen molar-refractivity contribution in [1.29, 1.82) is 0 Å². The van der Waals surface area contributed by atoms with Crippen LogP contribution in [0.1, 0.15) is 25.3 Å². The first-order chi connectivity index (χ1) is 14.2. The second kappa shape index (κ2) is 15.5. The SMILES string of the molecule is CCNC(=NCC1CCN(CCOC)CC1)NCCc1ccc(OC)c(OC)c1.I. The van der Waals surface area contributed by atoms with E-state index in [9.17, 15) is 0 Å². The standard InChI is InChI=1S/C22H38N4O3.HI/c1-5-23-22(25-17-19-9-12-26(13-10-19)14-15-27-2)24-11-8-18-6-7-20(28-3)21(16-18)29-4;/h6-7,16,19H,5,8-15,17H2,1-4H3,(H2,23,24,25);1H. The highest BCUT2D eigenvalue weighted by molar-refractivity contribution is 14.0. The molecule has 0 saturated carbocycles. The van der Waals surface area contributed by atoms with E-state index < -0.39 is 0 Å². The summed E-state index contributed by atoms with van der Waals surface area (Å²) >= 11 is 0. The van der Waals surface area contributed by atoms with Crippen molar-refractivity contribution in [3.8, 4) is 11.5 Å². The Hall–Kier alpha value is -1.26. The molecule has 7 nitrogen and oxygen atoms in total. The van der Waals surface area contributed by atoms with Gasteiger partial charge in [0.15, 0.2) is 17.5 Å². The first-order valence-electron chi connectivity index (χ1n) is 10.6. The summed E-state index contributed by atoms with van der Waals surface area (Å²) in [5.41, 5.74) is 1.20. The highest BCUT2D eigenvalue weighted by Gasteiger charge is 2.18. The van der Waals surface area contributed by atoms with E-state index >= 15 is 0 Å². The fourth-order valence-corrected chi connectivity index (χ4v) is 3.54. The molecule has 0 spiro atoms.